The van der Waals surface area contributed by atoms with Gasteiger partial charge in [-0.2, -0.15) is 0 Å². The van der Waals surface area contributed by atoms with Crippen molar-refractivity contribution in [2.45, 2.75) is 38.2 Å². The predicted molar refractivity (Wildman–Crippen MR) is 79.5 cm³/mol. The van der Waals surface area contributed by atoms with Gasteiger partial charge in [-0.05, 0) is 17.9 Å². The molecule has 0 aromatic carbocycles. The van der Waals surface area contributed by atoms with Crippen LogP contribution in [0.5, 0.6) is 0 Å². The molecule has 0 aliphatic carbocycles. The van der Waals surface area contributed by atoms with E-state index >= 15 is 0 Å². The molecule has 8 heteroatoms. The lowest BCUT2D eigenvalue weighted by molar-refractivity contribution is 0.125. The lowest BCUT2D eigenvalue weighted by Gasteiger charge is -2.22. The lowest BCUT2D eigenvalue weighted by atomic mass is 9.89. The second-order valence-corrected chi connectivity index (χ2v) is 8.25. The van der Waals surface area contributed by atoms with Crippen molar-refractivity contribution in [3.63, 3.8) is 0 Å². The molecular weight excluding hydrogens is 323 g/mol. The average molecular weight is 341 g/mol. The summed E-state index contributed by atoms with van der Waals surface area (Å²) >= 11 is 11.4. The van der Waals surface area contributed by atoms with Gasteiger partial charge in [-0.25, -0.2) is 18.1 Å². The molecule has 20 heavy (non-hydrogen) atoms. The van der Waals surface area contributed by atoms with Crippen LogP contribution >= 0.6 is 23.2 Å². The molecule has 1 unspecified atom stereocenters. The molecule has 0 saturated carbocycles. The van der Waals surface area contributed by atoms with Crippen LogP contribution in [-0.2, 0) is 10.0 Å². The third-order valence-electron chi connectivity index (χ3n) is 2.44. The second kappa shape index (κ2) is 6.58. The normalized spacial score (nSPS) is 14.3. The molecule has 0 spiro atoms. The van der Waals surface area contributed by atoms with Gasteiger partial charge in [0.15, 0.2) is 0 Å². The van der Waals surface area contributed by atoms with Crippen LogP contribution in [0, 0.1) is 5.41 Å². The summed E-state index contributed by atoms with van der Waals surface area (Å²) < 4.78 is 26.3. The lowest BCUT2D eigenvalue weighted by Crippen LogP contribution is -2.34. The highest BCUT2D eigenvalue weighted by Gasteiger charge is 2.21. The van der Waals surface area contributed by atoms with E-state index in [0.29, 0.717) is 6.42 Å². The van der Waals surface area contributed by atoms with Crippen LogP contribution in [-0.4, -0.2) is 31.2 Å². The van der Waals surface area contributed by atoms with Crippen LogP contribution in [0.1, 0.15) is 27.2 Å². The molecule has 1 aromatic rings. The molecule has 1 atom stereocenters. The SMILES string of the molecule is CC(C)(C)CC(O)CNS(=O)(=O)c1cnc(Cl)c(Cl)c1. The van der Waals surface area contributed by atoms with E-state index in [9.17, 15) is 13.5 Å². The topological polar surface area (TPSA) is 79.3 Å². The summed E-state index contributed by atoms with van der Waals surface area (Å²) in [5, 5.41) is 9.90. The van der Waals surface area contributed by atoms with Crippen molar-refractivity contribution in [1.29, 1.82) is 0 Å². The van der Waals surface area contributed by atoms with Gasteiger partial charge >= 0.3 is 0 Å². The van der Waals surface area contributed by atoms with Crippen LogP contribution in [0.3, 0.4) is 0 Å². The number of nitrogens with one attached hydrogen (secondary N) is 1. The van der Waals surface area contributed by atoms with E-state index < -0.39 is 16.1 Å². The zero-order valence-electron chi connectivity index (χ0n) is 11.5. The molecule has 0 aliphatic heterocycles. The fourth-order valence-corrected chi connectivity index (χ4v) is 3.00. The maximum absolute atomic E-state index is 12.0. The third-order valence-corrected chi connectivity index (χ3v) is 4.52. The molecule has 0 radical (unpaired) electrons. The van der Waals surface area contributed by atoms with Crippen molar-refractivity contribution >= 4 is 33.2 Å². The van der Waals surface area contributed by atoms with Gasteiger partial charge in [-0.1, -0.05) is 44.0 Å². The highest BCUT2D eigenvalue weighted by Crippen LogP contribution is 2.23. The maximum Gasteiger partial charge on any atom is 0.242 e. The minimum absolute atomic E-state index is 0.0402. The van der Waals surface area contributed by atoms with E-state index in [4.69, 9.17) is 23.2 Å². The number of nitrogens with zero attached hydrogens (tertiary/aromatic N) is 1. The summed E-state index contributed by atoms with van der Waals surface area (Å²) in [5.74, 6) is 0. The number of aromatic nitrogens is 1. The summed E-state index contributed by atoms with van der Waals surface area (Å²) in [6.45, 7) is 5.83. The smallest absolute Gasteiger partial charge is 0.242 e. The number of halogens is 2. The molecular formula is C12H18Cl2N2O3S. The van der Waals surface area contributed by atoms with Gasteiger partial charge in [0.25, 0.3) is 0 Å². The standard InChI is InChI=1S/C12H18Cl2N2O3S/c1-12(2,3)5-8(17)6-16-20(18,19)9-4-10(13)11(14)15-7-9/h4,7-8,16-17H,5-6H2,1-3H3. The molecule has 1 aromatic heterocycles. The van der Waals surface area contributed by atoms with E-state index in [-0.39, 0.29) is 27.0 Å². The quantitative estimate of drug-likeness (QED) is 0.807. The van der Waals surface area contributed by atoms with E-state index in [1.54, 1.807) is 0 Å². The van der Waals surface area contributed by atoms with Crippen molar-refractivity contribution in [2.75, 3.05) is 6.54 Å². The Bertz CT molecular complexity index is 571. The number of aliphatic hydroxyl groups excluding tert-OH is 1. The molecule has 0 amide bonds. The summed E-state index contributed by atoms with van der Waals surface area (Å²) in [6, 6.07) is 1.22. The fraction of sp³-hybridized carbons (Fsp3) is 0.583. The first kappa shape index (κ1) is 17.7. The number of hydrogen-bond donors (Lipinski definition) is 2. The number of sulfonamides is 1. The number of hydrogen-bond acceptors (Lipinski definition) is 4. The Morgan fingerprint density at radius 2 is 2.00 bits per heavy atom. The number of pyridine rings is 1. The van der Waals surface area contributed by atoms with Gasteiger partial charge in [0.05, 0.1) is 11.1 Å². The Kier molecular flexibility index (Phi) is 5.80. The first-order valence-corrected chi connectivity index (χ1v) is 8.24. The Balaban J connectivity index is 2.73. The zero-order chi connectivity index (χ0) is 15.6. The predicted octanol–water partition coefficient (Wildman–Crippen LogP) is 2.46. The van der Waals surface area contributed by atoms with Crippen molar-refractivity contribution in [3.8, 4) is 0 Å². The van der Waals surface area contributed by atoms with Crippen LogP contribution in [0.4, 0.5) is 0 Å². The molecule has 5 nitrogen and oxygen atoms in total. The van der Waals surface area contributed by atoms with Crippen molar-refractivity contribution < 1.29 is 13.5 Å². The number of aliphatic hydroxyl groups is 1. The monoisotopic (exact) mass is 340 g/mol. The van der Waals surface area contributed by atoms with E-state index in [1.807, 2.05) is 20.8 Å². The highest BCUT2D eigenvalue weighted by atomic mass is 35.5. The Morgan fingerprint density at radius 3 is 2.50 bits per heavy atom. The molecule has 1 heterocycles. The molecule has 2 N–H and O–H groups in total. The van der Waals surface area contributed by atoms with Crippen molar-refractivity contribution in [1.82, 2.24) is 9.71 Å². The van der Waals surface area contributed by atoms with E-state index in [2.05, 4.69) is 9.71 Å². The molecule has 0 fully saturated rings. The Labute approximate surface area is 129 Å². The summed E-state index contributed by atoms with van der Waals surface area (Å²) in [7, 11) is -3.77. The fourth-order valence-electron chi connectivity index (χ4n) is 1.62. The second-order valence-electron chi connectivity index (χ2n) is 5.71. The van der Waals surface area contributed by atoms with Gasteiger partial charge in [0, 0.05) is 12.7 Å². The summed E-state index contributed by atoms with van der Waals surface area (Å²) in [6.07, 6.45) is 0.836. The van der Waals surface area contributed by atoms with Crippen LogP contribution in [0.25, 0.3) is 0 Å². The largest absolute Gasteiger partial charge is 0.392 e. The van der Waals surface area contributed by atoms with Crippen LogP contribution in [0.15, 0.2) is 17.2 Å². The highest BCUT2D eigenvalue weighted by molar-refractivity contribution is 7.89. The zero-order valence-corrected chi connectivity index (χ0v) is 13.8. The molecule has 0 saturated heterocycles. The molecule has 1 rings (SSSR count). The van der Waals surface area contributed by atoms with E-state index in [1.165, 1.54) is 6.07 Å². The summed E-state index contributed by atoms with van der Waals surface area (Å²) in [4.78, 5) is 3.60. The average Bonchev–Trinajstić information content (AvgIpc) is 2.28. The maximum atomic E-state index is 12.0. The minimum atomic E-state index is -3.77. The van der Waals surface area contributed by atoms with Crippen molar-refractivity contribution in [2.24, 2.45) is 5.41 Å². The first-order valence-electron chi connectivity index (χ1n) is 6.00. The van der Waals surface area contributed by atoms with Gasteiger partial charge in [0.2, 0.25) is 10.0 Å². The molecule has 0 aliphatic rings. The summed E-state index contributed by atoms with van der Waals surface area (Å²) in [5.41, 5.74) is -0.0873. The van der Waals surface area contributed by atoms with Crippen LogP contribution < -0.4 is 4.72 Å². The number of rotatable bonds is 5. The Hall–Kier alpha value is -0.400. The Morgan fingerprint density at radius 1 is 1.40 bits per heavy atom. The van der Waals surface area contributed by atoms with Gasteiger partial charge in [0.1, 0.15) is 10.0 Å². The van der Waals surface area contributed by atoms with Gasteiger partial charge in [-0.3, -0.25) is 0 Å². The van der Waals surface area contributed by atoms with Crippen molar-refractivity contribution in [3.05, 3.63) is 22.4 Å². The van der Waals surface area contributed by atoms with Crippen LogP contribution in [0.2, 0.25) is 10.2 Å². The van der Waals surface area contributed by atoms with E-state index in [0.717, 1.165) is 6.20 Å². The first-order chi connectivity index (χ1) is 9.01. The van der Waals surface area contributed by atoms with Gasteiger partial charge in [-0.15, -0.1) is 0 Å². The molecule has 0 bridgehead atoms. The molecule has 114 valence electrons. The van der Waals surface area contributed by atoms with Gasteiger partial charge < -0.3 is 5.11 Å². The minimum Gasteiger partial charge on any atom is -0.392 e. The third kappa shape index (κ3) is 5.54.